The fourth-order valence-electron chi connectivity index (χ4n) is 3.67. The molecule has 1 amide bonds. The van der Waals surface area contributed by atoms with Gasteiger partial charge in [-0.15, -0.1) is 0 Å². The number of nitrogens with one attached hydrogen (secondary N) is 2. The van der Waals surface area contributed by atoms with Crippen LogP contribution in [-0.4, -0.2) is 49.1 Å². The van der Waals surface area contributed by atoms with Crippen LogP contribution < -0.4 is 10.6 Å². The van der Waals surface area contributed by atoms with E-state index in [1.807, 2.05) is 0 Å². The lowest BCUT2D eigenvalue weighted by Gasteiger charge is -2.21. The summed E-state index contributed by atoms with van der Waals surface area (Å²) >= 11 is 0. The van der Waals surface area contributed by atoms with Crippen LogP contribution in [0.3, 0.4) is 0 Å². The second-order valence-electron chi connectivity index (χ2n) is 5.77. The molecule has 0 aromatic carbocycles. The molecule has 96 valence electrons. The van der Waals surface area contributed by atoms with Crippen molar-refractivity contribution in [2.75, 3.05) is 26.2 Å². The van der Waals surface area contributed by atoms with Gasteiger partial charge in [0.25, 0.3) is 0 Å². The monoisotopic (exact) mass is 237 g/mol. The molecule has 3 rings (SSSR count). The number of carbonyl (C=O) groups is 1. The number of carbonyl (C=O) groups excluding carboxylic acids is 1. The van der Waals surface area contributed by atoms with Crippen molar-refractivity contribution in [3.8, 4) is 0 Å². The first-order chi connectivity index (χ1) is 8.33. The summed E-state index contributed by atoms with van der Waals surface area (Å²) in [5.41, 5.74) is 0. The van der Waals surface area contributed by atoms with Crippen LogP contribution in [0, 0.1) is 5.92 Å². The van der Waals surface area contributed by atoms with Crippen LogP contribution in [-0.2, 0) is 4.79 Å². The minimum absolute atomic E-state index is 0.275. The zero-order valence-corrected chi connectivity index (χ0v) is 10.5. The summed E-state index contributed by atoms with van der Waals surface area (Å²) in [6.45, 7) is 4.52. The van der Waals surface area contributed by atoms with Crippen LogP contribution in [0.4, 0.5) is 0 Å². The highest BCUT2D eigenvalue weighted by molar-refractivity contribution is 5.76. The zero-order valence-electron chi connectivity index (χ0n) is 10.5. The van der Waals surface area contributed by atoms with E-state index >= 15 is 0 Å². The Morgan fingerprint density at radius 1 is 1.29 bits per heavy atom. The van der Waals surface area contributed by atoms with E-state index in [0.717, 1.165) is 32.4 Å². The van der Waals surface area contributed by atoms with E-state index in [1.165, 1.54) is 25.9 Å². The predicted molar refractivity (Wildman–Crippen MR) is 66.7 cm³/mol. The molecule has 0 saturated carbocycles. The molecule has 3 atom stereocenters. The third-order valence-electron chi connectivity index (χ3n) is 4.59. The normalized spacial score (nSPS) is 37.3. The molecular formula is C13H23N3O. The molecule has 0 aromatic rings. The van der Waals surface area contributed by atoms with Crippen molar-refractivity contribution in [1.82, 2.24) is 15.5 Å². The Morgan fingerprint density at radius 3 is 3.06 bits per heavy atom. The Bertz CT molecular complexity index is 288. The molecule has 3 saturated heterocycles. The molecule has 2 N–H and O–H groups in total. The topological polar surface area (TPSA) is 44.4 Å². The molecule has 3 aliphatic heterocycles. The Labute approximate surface area is 103 Å². The first kappa shape index (κ1) is 11.5. The van der Waals surface area contributed by atoms with E-state index < -0.39 is 0 Å². The molecule has 4 nitrogen and oxygen atoms in total. The van der Waals surface area contributed by atoms with Gasteiger partial charge in [-0.25, -0.2) is 0 Å². The van der Waals surface area contributed by atoms with Gasteiger partial charge in [-0.05, 0) is 51.2 Å². The highest BCUT2D eigenvalue weighted by Crippen LogP contribution is 2.28. The van der Waals surface area contributed by atoms with E-state index in [4.69, 9.17) is 0 Å². The smallest absolute Gasteiger partial charge is 0.220 e. The van der Waals surface area contributed by atoms with Crippen molar-refractivity contribution >= 4 is 5.91 Å². The van der Waals surface area contributed by atoms with Gasteiger partial charge in [0.1, 0.15) is 0 Å². The largest absolute Gasteiger partial charge is 0.352 e. The van der Waals surface area contributed by atoms with Gasteiger partial charge in [-0.2, -0.15) is 0 Å². The van der Waals surface area contributed by atoms with Crippen LogP contribution in [0.25, 0.3) is 0 Å². The molecule has 0 bridgehead atoms. The molecule has 3 fully saturated rings. The Morgan fingerprint density at radius 2 is 2.24 bits per heavy atom. The van der Waals surface area contributed by atoms with Crippen LogP contribution in [0.2, 0.25) is 0 Å². The predicted octanol–water partition coefficient (Wildman–Crippen LogP) is 0.339. The van der Waals surface area contributed by atoms with Crippen molar-refractivity contribution in [2.24, 2.45) is 5.92 Å². The minimum Gasteiger partial charge on any atom is -0.352 e. The number of hydrogen-bond acceptors (Lipinski definition) is 3. The third kappa shape index (κ3) is 2.47. The number of rotatable bonds is 3. The summed E-state index contributed by atoms with van der Waals surface area (Å²) in [5.74, 6) is 0.841. The van der Waals surface area contributed by atoms with E-state index in [-0.39, 0.29) is 5.91 Å². The van der Waals surface area contributed by atoms with E-state index in [1.54, 1.807) is 0 Å². The summed E-state index contributed by atoms with van der Waals surface area (Å²) < 4.78 is 0. The van der Waals surface area contributed by atoms with Gasteiger partial charge in [0.2, 0.25) is 5.91 Å². The first-order valence-corrected chi connectivity index (χ1v) is 7.07. The van der Waals surface area contributed by atoms with E-state index in [0.29, 0.717) is 18.0 Å². The summed E-state index contributed by atoms with van der Waals surface area (Å²) in [5, 5.41) is 6.59. The molecule has 3 aliphatic rings. The second-order valence-corrected chi connectivity index (χ2v) is 5.77. The van der Waals surface area contributed by atoms with Crippen LogP contribution in [0.5, 0.6) is 0 Å². The van der Waals surface area contributed by atoms with Gasteiger partial charge in [-0.1, -0.05) is 0 Å². The molecular weight excluding hydrogens is 214 g/mol. The van der Waals surface area contributed by atoms with Crippen molar-refractivity contribution in [1.29, 1.82) is 0 Å². The molecule has 4 heteroatoms. The molecule has 3 unspecified atom stereocenters. The highest BCUT2D eigenvalue weighted by Gasteiger charge is 2.37. The van der Waals surface area contributed by atoms with E-state index in [2.05, 4.69) is 15.5 Å². The Hall–Kier alpha value is -0.610. The summed E-state index contributed by atoms with van der Waals surface area (Å²) in [6, 6.07) is 1.07. The SMILES string of the molecule is O=C(CC1CCNC1)NC1CCN2CCCC12. The fraction of sp³-hybridized carbons (Fsp3) is 0.923. The first-order valence-electron chi connectivity index (χ1n) is 7.07. The van der Waals surface area contributed by atoms with Crippen LogP contribution in [0.15, 0.2) is 0 Å². The fourth-order valence-corrected chi connectivity index (χ4v) is 3.67. The van der Waals surface area contributed by atoms with Gasteiger partial charge in [0.15, 0.2) is 0 Å². The Balaban J connectivity index is 1.47. The molecule has 17 heavy (non-hydrogen) atoms. The van der Waals surface area contributed by atoms with E-state index in [9.17, 15) is 4.79 Å². The maximum absolute atomic E-state index is 12.0. The van der Waals surface area contributed by atoms with Crippen molar-refractivity contribution in [2.45, 2.75) is 44.2 Å². The molecule has 0 aliphatic carbocycles. The lowest BCUT2D eigenvalue weighted by molar-refractivity contribution is -0.122. The second kappa shape index (κ2) is 4.94. The molecule has 0 radical (unpaired) electrons. The number of amides is 1. The summed E-state index contributed by atoms with van der Waals surface area (Å²) in [7, 11) is 0. The maximum atomic E-state index is 12.0. The standard InChI is InChI=1S/C13H23N3O/c17-13(8-10-3-5-14-9-10)15-11-4-7-16-6-1-2-12(11)16/h10-12,14H,1-9H2,(H,15,17). The lowest BCUT2D eigenvalue weighted by atomic mass is 10.0. The summed E-state index contributed by atoms with van der Waals surface area (Å²) in [6.07, 6.45) is 5.61. The van der Waals surface area contributed by atoms with Gasteiger partial charge in [-0.3, -0.25) is 9.69 Å². The average molecular weight is 237 g/mol. The number of hydrogen-bond donors (Lipinski definition) is 2. The van der Waals surface area contributed by atoms with Crippen molar-refractivity contribution in [3.63, 3.8) is 0 Å². The molecule has 0 spiro atoms. The minimum atomic E-state index is 0.275. The van der Waals surface area contributed by atoms with Crippen LogP contribution in [0.1, 0.15) is 32.1 Å². The number of nitrogens with zero attached hydrogens (tertiary/aromatic N) is 1. The summed E-state index contributed by atoms with van der Waals surface area (Å²) in [4.78, 5) is 14.5. The Kier molecular flexibility index (Phi) is 3.34. The van der Waals surface area contributed by atoms with Gasteiger partial charge in [0.05, 0.1) is 0 Å². The van der Waals surface area contributed by atoms with Gasteiger partial charge in [0, 0.05) is 25.0 Å². The average Bonchev–Trinajstić information content (AvgIpc) is 2.97. The highest BCUT2D eigenvalue weighted by atomic mass is 16.1. The third-order valence-corrected chi connectivity index (χ3v) is 4.59. The van der Waals surface area contributed by atoms with Gasteiger partial charge < -0.3 is 10.6 Å². The molecule has 0 aromatic heterocycles. The lowest BCUT2D eigenvalue weighted by Crippen LogP contribution is -2.42. The van der Waals surface area contributed by atoms with Gasteiger partial charge >= 0.3 is 0 Å². The maximum Gasteiger partial charge on any atom is 0.220 e. The van der Waals surface area contributed by atoms with Crippen molar-refractivity contribution in [3.05, 3.63) is 0 Å². The quantitative estimate of drug-likeness (QED) is 0.744. The zero-order chi connectivity index (χ0) is 11.7. The van der Waals surface area contributed by atoms with Crippen LogP contribution >= 0.6 is 0 Å². The molecule has 3 heterocycles. The number of fused-ring (bicyclic) bond motifs is 1. The van der Waals surface area contributed by atoms with Crippen molar-refractivity contribution < 1.29 is 4.79 Å².